The van der Waals surface area contributed by atoms with Crippen LogP contribution >= 0.6 is 0 Å². The van der Waals surface area contributed by atoms with E-state index in [9.17, 15) is 14.3 Å². The van der Waals surface area contributed by atoms with Gasteiger partial charge in [-0.05, 0) is 54.8 Å². The van der Waals surface area contributed by atoms with Crippen molar-refractivity contribution in [1.29, 1.82) is 0 Å². The Kier molecular flexibility index (Phi) is 4.05. The van der Waals surface area contributed by atoms with Crippen LogP contribution in [0, 0.1) is 5.82 Å². The van der Waals surface area contributed by atoms with Crippen LogP contribution < -0.4 is 10.1 Å². The number of nitrogens with one attached hydrogen (secondary N) is 1. The number of ether oxygens (including phenoxy) is 1. The number of anilines is 1. The fourth-order valence-electron chi connectivity index (χ4n) is 3.12. The number of hydrogen-bond donors (Lipinski definition) is 2. The number of aliphatic hydroxyl groups is 1. The van der Waals surface area contributed by atoms with Crippen molar-refractivity contribution in [2.75, 3.05) is 12.4 Å². The Morgan fingerprint density at radius 1 is 1.25 bits per heavy atom. The topological polar surface area (TPSA) is 58.6 Å². The van der Waals surface area contributed by atoms with Gasteiger partial charge >= 0.3 is 0 Å². The third-order valence-corrected chi connectivity index (χ3v) is 4.52. The molecule has 4 nitrogen and oxygen atoms in total. The summed E-state index contributed by atoms with van der Waals surface area (Å²) in [4.78, 5) is 12.3. The molecule has 0 amide bonds. The summed E-state index contributed by atoms with van der Waals surface area (Å²) in [6.45, 7) is 3.42. The Hall–Kier alpha value is -2.40. The number of Topliss-reactive ketones (excluding diaryl/α,β-unsaturated/α-hetero) is 1. The molecule has 1 heterocycles. The molecule has 0 unspecified atom stereocenters. The number of halogens is 1. The molecule has 0 radical (unpaired) electrons. The van der Waals surface area contributed by atoms with Gasteiger partial charge < -0.3 is 15.2 Å². The van der Waals surface area contributed by atoms with Crippen molar-refractivity contribution in [3.8, 4) is 16.9 Å². The second-order valence-corrected chi connectivity index (χ2v) is 6.47. The van der Waals surface area contributed by atoms with E-state index in [1.165, 1.54) is 19.2 Å². The van der Waals surface area contributed by atoms with Crippen molar-refractivity contribution < 1.29 is 19.0 Å². The maximum atomic E-state index is 13.7. The second-order valence-electron chi connectivity index (χ2n) is 6.47. The minimum absolute atomic E-state index is 0.0491. The lowest BCUT2D eigenvalue weighted by Gasteiger charge is -2.34. The molecule has 0 saturated heterocycles. The molecule has 126 valence electrons. The largest absolute Gasteiger partial charge is 0.496 e. The molecule has 0 spiro atoms. The predicted octanol–water partition coefficient (Wildman–Crippen LogP) is 3.31. The Labute approximate surface area is 140 Å². The summed E-state index contributed by atoms with van der Waals surface area (Å²) in [6.07, 6.45) is 0.233. The number of carbonyl (C=O) groups excluding carboxylic acids is 1. The van der Waals surface area contributed by atoms with Crippen LogP contribution in [0.5, 0.6) is 5.75 Å². The average Bonchev–Trinajstić information content (AvgIpc) is 2.54. The van der Waals surface area contributed by atoms with Gasteiger partial charge in [0, 0.05) is 17.7 Å². The lowest BCUT2D eigenvalue weighted by molar-refractivity contribution is -0.122. The molecule has 0 saturated carbocycles. The Morgan fingerprint density at radius 3 is 2.67 bits per heavy atom. The highest BCUT2D eigenvalue weighted by molar-refractivity contribution is 5.97. The molecule has 0 aliphatic carbocycles. The summed E-state index contributed by atoms with van der Waals surface area (Å²) in [5, 5.41) is 13.1. The summed E-state index contributed by atoms with van der Waals surface area (Å²) in [7, 11) is 1.52. The lowest BCUT2D eigenvalue weighted by atomic mass is 9.83. The highest BCUT2D eigenvalue weighted by Gasteiger charge is 2.34. The maximum Gasteiger partial charge on any atom is 0.162 e. The zero-order valence-electron chi connectivity index (χ0n) is 13.9. The maximum absolute atomic E-state index is 13.7. The number of ketones is 1. The van der Waals surface area contributed by atoms with Crippen molar-refractivity contribution in [2.24, 2.45) is 0 Å². The number of aliphatic hydroxyl groups excluding tert-OH is 1. The van der Waals surface area contributed by atoms with Gasteiger partial charge in [0.1, 0.15) is 11.6 Å². The molecule has 2 aromatic carbocycles. The summed E-state index contributed by atoms with van der Waals surface area (Å²) < 4.78 is 19.0. The van der Waals surface area contributed by atoms with Crippen LogP contribution in [0.1, 0.15) is 25.0 Å². The summed E-state index contributed by atoms with van der Waals surface area (Å²) in [5.74, 6) is 0.178. The van der Waals surface area contributed by atoms with E-state index in [0.29, 0.717) is 22.4 Å². The zero-order chi connectivity index (χ0) is 17.5. The van der Waals surface area contributed by atoms with Gasteiger partial charge in [0.05, 0.1) is 19.3 Å². The average molecular weight is 329 g/mol. The molecule has 3 rings (SSSR count). The minimum atomic E-state index is -0.641. The first kappa shape index (κ1) is 16.5. The SMILES string of the molecule is COc1ccc(F)cc1-c1ccc2c(c1CO)CC(=O)C(C)(C)N2. The van der Waals surface area contributed by atoms with Crippen LogP contribution in [0.3, 0.4) is 0 Å². The number of methoxy groups -OCH3 is 1. The molecule has 1 aliphatic rings. The summed E-state index contributed by atoms with van der Waals surface area (Å²) in [6, 6.07) is 7.94. The van der Waals surface area contributed by atoms with Gasteiger partial charge in [-0.2, -0.15) is 0 Å². The van der Waals surface area contributed by atoms with E-state index in [2.05, 4.69) is 5.32 Å². The van der Waals surface area contributed by atoms with Crippen LogP contribution in [0.4, 0.5) is 10.1 Å². The molecular formula is C19H20FNO3. The van der Waals surface area contributed by atoms with E-state index in [1.54, 1.807) is 6.07 Å². The first-order chi connectivity index (χ1) is 11.4. The zero-order valence-corrected chi connectivity index (χ0v) is 13.9. The molecule has 1 aliphatic heterocycles. The van der Waals surface area contributed by atoms with Gasteiger partial charge in [-0.15, -0.1) is 0 Å². The van der Waals surface area contributed by atoms with Gasteiger partial charge in [-0.25, -0.2) is 4.39 Å². The molecule has 2 N–H and O–H groups in total. The van der Waals surface area contributed by atoms with E-state index in [-0.39, 0.29) is 24.6 Å². The lowest BCUT2D eigenvalue weighted by Crippen LogP contribution is -2.45. The number of carbonyl (C=O) groups is 1. The first-order valence-corrected chi connectivity index (χ1v) is 7.78. The summed E-state index contributed by atoms with van der Waals surface area (Å²) >= 11 is 0. The van der Waals surface area contributed by atoms with E-state index < -0.39 is 5.54 Å². The molecule has 5 heteroatoms. The van der Waals surface area contributed by atoms with Crippen molar-refractivity contribution >= 4 is 11.5 Å². The van der Waals surface area contributed by atoms with Gasteiger partial charge in [-0.1, -0.05) is 6.07 Å². The van der Waals surface area contributed by atoms with Crippen molar-refractivity contribution in [3.05, 3.63) is 47.3 Å². The standard InChI is InChI=1S/C19H20FNO3/c1-19(2)18(23)9-13-15(10-22)12(5-6-16(13)21-19)14-8-11(20)4-7-17(14)24-3/h4-8,21-22H,9-10H2,1-3H3. The molecule has 0 fully saturated rings. The molecular weight excluding hydrogens is 309 g/mol. The van der Waals surface area contributed by atoms with Gasteiger partial charge in [0.25, 0.3) is 0 Å². The predicted molar refractivity (Wildman–Crippen MR) is 90.7 cm³/mol. The normalized spacial score (nSPS) is 15.6. The van der Waals surface area contributed by atoms with E-state index in [1.807, 2.05) is 26.0 Å². The molecule has 0 bridgehead atoms. The number of rotatable bonds is 3. The van der Waals surface area contributed by atoms with Crippen LogP contribution in [-0.2, 0) is 17.8 Å². The van der Waals surface area contributed by atoms with E-state index in [4.69, 9.17) is 4.74 Å². The van der Waals surface area contributed by atoms with Crippen LogP contribution in [0.2, 0.25) is 0 Å². The number of hydrogen-bond acceptors (Lipinski definition) is 4. The fourth-order valence-corrected chi connectivity index (χ4v) is 3.12. The molecule has 0 atom stereocenters. The monoisotopic (exact) mass is 329 g/mol. The molecule has 0 aromatic heterocycles. The third-order valence-electron chi connectivity index (χ3n) is 4.52. The first-order valence-electron chi connectivity index (χ1n) is 7.78. The van der Waals surface area contributed by atoms with Crippen molar-refractivity contribution in [3.63, 3.8) is 0 Å². The van der Waals surface area contributed by atoms with Crippen LogP contribution in [-0.4, -0.2) is 23.5 Å². The number of fused-ring (bicyclic) bond motifs is 1. The minimum Gasteiger partial charge on any atom is -0.496 e. The van der Waals surface area contributed by atoms with E-state index in [0.717, 1.165) is 11.3 Å². The molecule has 24 heavy (non-hydrogen) atoms. The Bertz CT molecular complexity index is 814. The highest BCUT2D eigenvalue weighted by atomic mass is 19.1. The summed E-state index contributed by atoms with van der Waals surface area (Å²) in [5.41, 5.74) is 2.78. The Balaban J connectivity index is 2.21. The quantitative estimate of drug-likeness (QED) is 0.907. The third kappa shape index (κ3) is 2.65. The van der Waals surface area contributed by atoms with E-state index >= 15 is 0 Å². The van der Waals surface area contributed by atoms with Crippen LogP contribution in [0.15, 0.2) is 30.3 Å². The fraction of sp³-hybridized carbons (Fsp3) is 0.316. The smallest absolute Gasteiger partial charge is 0.162 e. The Morgan fingerprint density at radius 2 is 2.00 bits per heavy atom. The van der Waals surface area contributed by atoms with Crippen LogP contribution in [0.25, 0.3) is 11.1 Å². The van der Waals surface area contributed by atoms with Crippen molar-refractivity contribution in [1.82, 2.24) is 0 Å². The van der Waals surface area contributed by atoms with Gasteiger partial charge in [0.15, 0.2) is 5.78 Å². The van der Waals surface area contributed by atoms with Gasteiger partial charge in [-0.3, -0.25) is 4.79 Å². The number of benzene rings is 2. The molecule has 2 aromatic rings. The van der Waals surface area contributed by atoms with Crippen molar-refractivity contribution in [2.45, 2.75) is 32.4 Å². The second kappa shape index (κ2) is 5.91. The highest BCUT2D eigenvalue weighted by Crippen LogP contribution is 2.39. The van der Waals surface area contributed by atoms with Gasteiger partial charge in [0.2, 0.25) is 0 Å².